The van der Waals surface area contributed by atoms with Gasteiger partial charge in [0.15, 0.2) is 6.10 Å². The maximum Gasteiger partial charge on any atom is 0.306 e. The third kappa shape index (κ3) is 34.5. The molecule has 0 aliphatic heterocycles. The van der Waals surface area contributed by atoms with E-state index in [-0.39, 0.29) is 25.2 Å². The van der Waals surface area contributed by atoms with Crippen LogP contribution in [0, 0.1) is 0 Å². The Kier molecular flexibility index (Phi) is 35.1. The topological polar surface area (TPSA) is 72.8 Å². The van der Waals surface area contributed by atoms with E-state index < -0.39 is 6.10 Å². The van der Waals surface area contributed by atoms with Crippen LogP contribution in [0.4, 0.5) is 0 Å². The molecule has 0 spiro atoms. The highest BCUT2D eigenvalue weighted by Crippen LogP contribution is 2.12. The number of aliphatic hydroxyl groups excluding tert-OH is 1. The molecule has 5 nitrogen and oxygen atoms in total. The number of hydrogen-bond donors (Lipinski definition) is 1. The third-order valence-corrected chi connectivity index (χ3v) is 7.78. The first-order valence-corrected chi connectivity index (χ1v) is 18.8. The van der Waals surface area contributed by atoms with Crippen molar-refractivity contribution in [1.82, 2.24) is 0 Å². The molecular weight excluding hydrogens is 572 g/mol. The molecule has 0 saturated carbocycles. The van der Waals surface area contributed by atoms with Crippen molar-refractivity contribution in [2.45, 2.75) is 174 Å². The normalized spacial score (nSPS) is 12.8. The van der Waals surface area contributed by atoms with Crippen molar-refractivity contribution in [3.05, 3.63) is 60.8 Å². The second-order valence-electron chi connectivity index (χ2n) is 12.3. The molecule has 0 saturated heterocycles. The van der Waals surface area contributed by atoms with Crippen molar-refractivity contribution in [3.8, 4) is 0 Å². The summed E-state index contributed by atoms with van der Waals surface area (Å²) in [6.45, 7) is 4.03. The molecule has 1 atom stereocenters. The maximum atomic E-state index is 12.1. The summed E-state index contributed by atoms with van der Waals surface area (Å²) >= 11 is 0. The molecule has 1 unspecified atom stereocenters. The van der Waals surface area contributed by atoms with Crippen LogP contribution in [0.5, 0.6) is 0 Å². The van der Waals surface area contributed by atoms with Gasteiger partial charge in [-0.3, -0.25) is 9.59 Å². The van der Waals surface area contributed by atoms with Gasteiger partial charge in [-0.2, -0.15) is 0 Å². The molecule has 0 radical (unpaired) electrons. The number of unbranched alkanes of at least 4 members (excludes halogenated alkanes) is 15. The summed E-state index contributed by atoms with van der Waals surface area (Å²) in [5, 5.41) is 9.53. The molecule has 264 valence electrons. The summed E-state index contributed by atoms with van der Waals surface area (Å²) in [6.07, 6.45) is 47.0. The van der Waals surface area contributed by atoms with Gasteiger partial charge in [-0.25, -0.2) is 0 Å². The largest absolute Gasteiger partial charge is 0.462 e. The third-order valence-electron chi connectivity index (χ3n) is 7.78. The quantitative estimate of drug-likeness (QED) is 0.0438. The number of aliphatic hydroxyl groups is 1. The van der Waals surface area contributed by atoms with E-state index in [1.807, 2.05) is 0 Å². The van der Waals surface area contributed by atoms with Crippen LogP contribution >= 0.6 is 0 Å². The SMILES string of the molecule is CCCCCC=CCC=CCC=CCCCCC(=O)OCC(CO)OC(=O)CCCCCCCCCC=CCC=CCCCCC. The first-order valence-electron chi connectivity index (χ1n) is 18.8. The average molecular weight is 643 g/mol. The Hall–Kier alpha value is -2.40. The van der Waals surface area contributed by atoms with Crippen LogP contribution in [0.3, 0.4) is 0 Å². The Labute approximate surface area is 283 Å². The lowest BCUT2D eigenvalue weighted by atomic mass is 10.1. The highest BCUT2D eigenvalue weighted by atomic mass is 16.6. The minimum atomic E-state index is -0.792. The van der Waals surface area contributed by atoms with Gasteiger partial charge in [0.1, 0.15) is 6.61 Å². The van der Waals surface area contributed by atoms with E-state index in [1.54, 1.807) is 0 Å². The van der Waals surface area contributed by atoms with Crippen molar-refractivity contribution in [2.24, 2.45) is 0 Å². The van der Waals surface area contributed by atoms with Crippen LogP contribution in [0.25, 0.3) is 0 Å². The van der Waals surface area contributed by atoms with Gasteiger partial charge in [0.2, 0.25) is 0 Å². The molecule has 46 heavy (non-hydrogen) atoms. The van der Waals surface area contributed by atoms with E-state index in [4.69, 9.17) is 9.47 Å². The molecule has 0 aliphatic rings. The smallest absolute Gasteiger partial charge is 0.306 e. The zero-order valence-electron chi connectivity index (χ0n) is 29.8. The highest BCUT2D eigenvalue weighted by molar-refractivity contribution is 5.70. The van der Waals surface area contributed by atoms with E-state index in [1.165, 1.54) is 77.0 Å². The summed E-state index contributed by atoms with van der Waals surface area (Å²) in [4.78, 5) is 24.2. The van der Waals surface area contributed by atoms with Gasteiger partial charge in [0, 0.05) is 12.8 Å². The van der Waals surface area contributed by atoms with Crippen LogP contribution in [-0.2, 0) is 19.1 Å². The Bertz CT molecular complexity index is 823. The van der Waals surface area contributed by atoms with Crippen molar-refractivity contribution in [3.63, 3.8) is 0 Å². The molecule has 0 aliphatic carbocycles. The van der Waals surface area contributed by atoms with Gasteiger partial charge in [0.25, 0.3) is 0 Å². The Balaban J connectivity index is 3.66. The molecule has 0 aromatic rings. The van der Waals surface area contributed by atoms with Crippen LogP contribution in [0.2, 0.25) is 0 Å². The number of carbonyl (C=O) groups is 2. The molecule has 5 heteroatoms. The standard InChI is InChI=1S/C41H70O5/c1-3-5-7-9-11-13-15-17-19-20-22-24-26-28-30-32-34-36-41(44)46-39(37-42)38-45-40(43)35-33-31-29-27-25-23-21-18-16-14-12-10-8-6-4-2/h11-14,17-19,21,25,27,39,42H,3-10,15-16,20,22-24,26,28-38H2,1-2H3. The molecule has 0 bridgehead atoms. The monoisotopic (exact) mass is 643 g/mol. The molecule has 0 rings (SSSR count). The number of esters is 2. The van der Waals surface area contributed by atoms with Gasteiger partial charge >= 0.3 is 11.9 Å². The molecule has 0 aromatic carbocycles. The van der Waals surface area contributed by atoms with Crippen molar-refractivity contribution in [2.75, 3.05) is 13.2 Å². The molecule has 0 heterocycles. The zero-order chi connectivity index (χ0) is 33.6. The fraction of sp³-hybridized carbons (Fsp3) is 0.707. The van der Waals surface area contributed by atoms with E-state index in [9.17, 15) is 14.7 Å². The van der Waals surface area contributed by atoms with Crippen molar-refractivity contribution >= 4 is 11.9 Å². The summed E-state index contributed by atoms with van der Waals surface area (Å²) < 4.78 is 10.6. The number of hydrogen-bond acceptors (Lipinski definition) is 5. The molecular formula is C41H70O5. The number of allylic oxidation sites excluding steroid dienone is 10. The molecule has 1 N–H and O–H groups in total. The van der Waals surface area contributed by atoms with Crippen LogP contribution < -0.4 is 0 Å². The highest BCUT2D eigenvalue weighted by Gasteiger charge is 2.16. The second-order valence-corrected chi connectivity index (χ2v) is 12.3. The van der Waals surface area contributed by atoms with Gasteiger partial charge in [-0.1, -0.05) is 132 Å². The zero-order valence-corrected chi connectivity index (χ0v) is 29.8. The lowest BCUT2D eigenvalue weighted by Crippen LogP contribution is -2.28. The number of rotatable bonds is 33. The van der Waals surface area contributed by atoms with Crippen LogP contribution in [0.1, 0.15) is 168 Å². The molecule has 0 fully saturated rings. The van der Waals surface area contributed by atoms with Crippen molar-refractivity contribution in [1.29, 1.82) is 0 Å². The lowest BCUT2D eigenvalue weighted by molar-refractivity contribution is -0.161. The van der Waals surface area contributed by atoms with Gasteiger partial charge in [-0.15, -0.1) is 0 Å². The Morgan fingerprint density at radius 2 is 0.870 bits per heavy atom. The number of ether oxygens (including phenoxy) is 2. The van der Waals surface area contributed by atoms with E-state index in [2.05, 4.69) is 74.6 Å². The summed E-state index contributed by atoms with van der Waals surface area (Å²) in [6, 6.07) is 0. The van der Waals surface area contributed by atoms with Crippen LogP contribution in [0.15, 0.2) is 60.8 Å². The summed E-state index contributed by atoms with van der Waals surface area (Å²) in [5.74, 6) is -0.649. The van der Waals surface area contributed by atoms with Gasteiger partial charge in [-0.05, 0) is 83.5 Å². The summed E-state index contributed by atoms with van der Waals surface area (Å²) in [7, 11) is 0. The minimum absolute atomic E-state index is 0.0911. The lowest BCUT2D eigenvalue weighted by Gasteiger charge is -2.15. The maximum absolute atomic E-state index is 12.1. The van der Waals surface area contributed by atoms with Crippen molar-refractivity contribution < 1.29 is 24.2 Å². The fourth-order valence-electron chi connectivity index (χ4n) is 4.88. The van der Waals surface area contributed by atoms with Gasteiger partial charge < -0.3 is 14.6 Å². The van der Waals surface area contributed by atoms with E-state index >= 15 is 0 Å². The van der Waals surface area contributed by atoms with E-state index in [0.717, 1.165) is 64.2 Å². The summed E-state index contributed by atoms with van der Waals surface area (Å²) in [5.41, 5.74) is 0. The fourth-order valence-corrected chi connectivity index (χ4v) is 4.88. The first-order chi connectivity index (χ1) is 22.6. The predicted molar refractivity (Wildman–Crippen MR) is 196 cm³/mol. The second kappa shape index (κ2) is 37.1. The number of carbonyl (C=O) groups excluding carboxylic acids is 2. The predicted octanol–water partition coefficient (Wildman–Crippen LogP) is 11.6. The molecule has 0 amide bonds. The first kappa shape index (κ1) is 43.6. The Morgan fingerprint density at radius 3 is 1.35 bits per heavy atom. The minimum Gasteiger partial charge on any atom is -0.462 e. The van der Waals surface area contributed by atoms with Gasteiger partial charge in [0.05, 0.1) is 6.61 Å². The average Bonchev–Trinajstić information content (AvgIpc) is 3.06. The van der Waals surface area contributed by atoms with Crippen LogP contribution in [-0.4, -0.2) is 36.4 Å². The Morgan fingerprint density at radius 1 is 0.500 bits per heavy atom. The molecule has 0 aromatic heterocycles. The van der Waals surface area contributed by atoms with E-state index in [0.29, 0.717) is 12.8 Å².